The molecule has 0 saturated carbocycles. The maximum Gasteiger partial charge on any atom is 0.339 e. The van der Waals surface area contributed by atoms with Crippen LogP contribution in [0.2, 0.25) is 0 Å². The Bertz CT molecular complexity index is 1170. The molecule has 1 N–H and O–H groups in total. The number of rotatable bonds is 4. The summed E-state index contributed by atoms with van der Waals surface area (Å²) < 4.78 is 16.8. The second-order valence-electron chi connectivity index (χ2n) is 7.98. The number of nitrogens with one attached hydrogen (secondary N) is 1. The van der Waals surface area contributed by atoms with Crippen LogP contribution in [0.3, 0.4) is 0 Å². The number of cyclic esters (lactones) is 1. The average molecular weight is 429 g/mol. The van der Waals surface area contributed by atoms with Gasteiger partial charge in [-0.05, 0) is 53.9 Å². The van der Waals surface area contributed by atoms with Gasteiger partial charge >= 0.3 is 5.97 Å². The lowest BCUT2D eigenvalue weighted by Crippen LogP contribution is -2.28. The van der Waals surface area contributed by atoms with Crippen LogP contribution in [0.25, 0.3) is 0 Å². The van der Waals surface area contributed by atoms with Crippen LogP contribution in [0.15, 0.2) is 66.7 Å². The Labute approximate surface area is 186 Å². The van der Waals surface area contributed by atoms with Gasteiger partial charge in [0, 0.05) is 12.0 Å². The first-order valence-electron chi connectivity index (χ1n) is 10.7. The standard InChI is InChI=1S/C26H23NO5/c1-16(18-8-10-22-24(14-18)31-12-11-30-22)27-25(28)19-7-9-21-20(13-19)15-23(32-26(21)29)17-5-3-2-4-6-17/h2-10,13-14,16,23H,11-12,15H2,1H3,(H,27,28)/t16-,23+/m0/s1. The number of amides is 1. The fraction of sp³-hybridized carbons (Fsp3) is 0.231. The van der Waals surface area contributed by atoms with E-state index in [4.69, 9.17) is 14.2 Å². The first kappa shape index (κ1) is 20.1. The van der Waals surface area contributed by atoms with Crippen LogP contribution in [0.4, 0.5) is 0 Å². The van der Waals surface area contributed by atoms with Gasteiger partial charge < -0.3 is 19.5 Å². The number of carbonyl (C=O) groups excluding carboxylic acids is 2. The highest BCUT2D eigenvalue weighted by Gasteiger charge is 2.28. The number of fused-ring (bicyclic) bond motifs is 2. The van der Waals surface area contributed by atoms with Gasteiger partial charge in [-0.3, -0.25) is 4.79 Å². The van der Waals surface area contributed by atoms with E-state index in [1.807, 2.05) is 55.5 Å². The van der Waals surface area contributed by atoms with Crippen LogP contribution >= 0.6 is 0 Å². The smallest absolute Gasteiger partial charge is 0.339 e. The molecule has 0 spiro atoms. The SMILES string of the molecule is C[C@H](NC(=O)c1ccc2c(c1)C[C@H](c1ccccc1)OC2=O)c1ccc2c(c1)OCCO2. The minimum atomic E-state index is -0.364. The Hall–Kier alpha value is -3.80. The largest absolute Gasteiger partial charge is 0.486 e. The molecule has 0 bridgehead atoms. The molecule has 2 aliphatic heterocycles. The number of benzene rings is 3. The fourth-order valence-corrected chi connectivity index (χ4v) is 4.08. The van der Waals surface area contributed by atoms with Crippen molar-refractivity contribution in [2.45, 2.75) is 25.5 Å². The van der Waals surface area contributed by atoms with Crippen LogP contribution in [0.1, 0.15) is 56.5 Å². The molecule has 1 amide bonds. The molecule has 32 heavy (non-hydrogen) atoms. The predicted octanol–water partition coefficient (Wildman–Crippen LogP) is 4.40. The van der Waals surface area contributed by atoms with E-state index in [9.17, 15) is 9.59 Å². The fourth-order valence-electron chi connectivity index (χ4n) is 4.08. The van der Waals surface area contributed by atoms with Crippen LogP contribution < -0.4 is 14.8 Å². The molecule has 0 radical (unpaired) electrons. The molecule has 3 aromatic rings. The van der Waals surface area contributed by atoms with Gasteiger partial charge in [-0.2, -0.15) is 0 Å². The highest BCUT2D eigenvalue weighted by molar-refractivity contribution is 5.98. The van der Waals surface area contributed by atoms with Crippen LogP contribution in [0, 0.1) is 0 Å². The van der Waals surface area contributed by atoms with Gasteiger partial charge in [0.2, 0.25) is 0 Å². The summed E-state index contributed by atoms with van der Waals surface area (Å²) in [4.78, 5) is 25.4. The number of esters is 1. The Balaban J connectivity index is 1.33. The van der Waals surface area contributed by atoms with Crippen molar-refractivity contribution in [3.05, 3.63) is 94.5 Å². The Morgan fingerprint density at radius 1 is 0.969 bits per heavy atom. The summed E-state index contributed by atoms with van der Waals surface area (Å²) in [5.41, 5.74) is 3.69. The molecule has 6 heteroatoms. The van der Waals surface area contributed by atoms with E-state index in [1.165, 1.54) is 0 Å². The van der Waals surface area contributed by atoms with E-state index in [2.05, 4.69) is 5.32 Å². The van der Waals surface area contributed by atoms with Gasteiger partial charge in [0.05, 0.1) is 11.6 Å². The molecule has 6 nitrogen and oxygen atoms in total. The van der Waals surface area contributed by atoms with Crippen molar-refractivity contribution in [1.29, 1.82) is 0 Å². The summed E-state index contributed by atoms with van der Waals surface area (Å²) in [6.45, 7) is 2.97. The summed E-state index contributed by atoms with van der Waals surface area (Å²) in [6.07, 6.45) is 0.176. The summed E-state index contributed by atoms with van der Waals surface area (Å²) in [5, 5.41) is 3.03. The number of hydrogen-bond acceptors (Lipinski definition) is 5. The first-order valence-corrected chi connectivity index (χ1v) is 10.7. The Morgan fingerprint density at radius 2 is 1.75 bits per heavy atom. The zero-order chi connectivity index (χ0) is 22.1. The van der Waals surface area contributed by atoms with Crippen molar-refractivity contribution < 1.29 is 23.8 Å². The minimum Gasteiger partial charge on any atom is -0.486 e. The minimum absolute atomic E-state index is 0.203. The van der Waals surface area contributed by atoms with Crippen LogP contribution in [0.5, 0.6) is 11.5 Å². The van der Waals surface area contributed by atoms with E-state index in [0.717, 1.165) is 16.7 Å². The lowest BCUT2D eigenvalue weighted by atomic mass is 9.93. The summed E-state index contributed by atoms with van der Waals surface area (Å²) in [6, 6.07) is 20.2. The third-order valence-electron chi connectivity index (χ3n) is 5.83. The third-order valence-corrected chi connectivity index (χ3v) is 5.83. The molecule has 0 unspecified atom stereocenters. The summed E-state index contributed by atoms with van der Waals surface area (Å²) in [5.74, 6) is 0.837. The van der Waals surface area contributed by atoms with E-state index in [0.29, 0.717) is 42.3 Å². The summed E-state index contributed by atoms with van der Waals surface area (Å²) in [7, 11) is 0. The van der Waals surface area contributed by atoms with Crippen molar-refractivity contribution in [2.75, 3.05) is 13.2 Å². The molecule has 5 rings (SSSR count). The molecule has 0 fully saturated rings. The topological polar surface area (TPSA) is 73.9 Å². The zero-order valence-electron chi connectivity index (χ0n) is 17.7. The molecule has 2 atom stereocenters. The highest BCUT2D eigenvalue weighted by Crippen LogP contribution is 2.33. The lowest BCUT2D eigenvalue weighted by molar-refractivity contribution is 0.0252. The molecule has 162 valence electrons. The van der Waals surface area contributed by atoms with Crippen molar-refractivity contribution >= 4 is 11.9 Å². The zero-order valence-corrected chi connectivity index (χ0v) is 17.7. The molecule has 0 saturated heterocycles. The van der Waals surface area contributed by atoms with E-state index >= 15 is 0 Å². The van der Waals surface area contributed by atoms with Crippen LogP contribution in [-0.4, -0.2) is 25.1 Å². The average Bonchev–Trinajstić information content (AvgIpc) is 2.83. The molecule has 2 heterocycles. The predicted molar refractivity (Wildman–Crippen MR) is 118 cm³/mol. The Morgan fingerprint density at radius 3 is 2.56 bits per heavy atom. The maximum atomic E-state index is 13.0. The summed E-state index contributed by atoms with van der Waals surface area (Å²) >= 11 is 0. The second-order valence-corrected chi connectivity index (χ2v) is 7.98. The quantitative estimate of drug-likeness (QED) is 0.622. The van der Waals surface area contributed by atoms with Gasteiger partial charge in [-0.15, -0.1) is 0 Å². The molecule has 0 aliphatic carbocycles. The number of ether oxygens (including phenoxy) is 3. The number of hydrogen-bond donors (Lipinski definition) is 1. The van der Waals surface area contributed by atoms with E-state index in [1.54, 1.807) is 18.2 Å². The monoisotopic (exact) mass is 429 g/mol. The van der Waals surface area contributed by atoms with Crippen molar-refractivity contribution in [1.82, 2.24) is 5.32 Å². The number of carbonyl (C=O) groups is 2. The van der Waals surface area contributed by atoms with Gasteiger partial charge in [0.1, 0.15) is 19.3 Å². The second kappa shape index (κ2) is 8.38. The molecule has 3 aromatic carbocycles. The van der Waals surface area contributed by atoms with Gasteiger partial charge in [0.15, 0.2) is 11.5 Å². The normalized spacial score (nSPS) is 17.7. The molecular weight excluding hydrogens is 406 g/mol. The van der Waals surface area contributed by atoms with Gasteiger partial charge in [-0.25, -0.2) is 4.79 Å². The maximum absolute atomic E-state index is 13.0. The van der Waals surface area contributed by atoms with Crippen molar-refractivity contribution in [3.63, 3.8) is 0 Å². The van der Waals surface area contributed by atoms with E-state index in [-0.39, 0.29) is 24.0 Å². The third kappa shape index (κ3) is 3.91. The molecule has 2 aliphatic rings. The van der Waals surface area contributed by atoms with E-state index < -0.39 is 0 Å². The first-order chi connectivity index (χ1) is 15.6. The van der Waals surface area contributed by atoms with Crippen molar-refractivity contribution in [3.8, 4) is 11.5 Å². The molecule has 0 aromatic heterocycles. The van der Waals surface area contributed by atoms with Gasteiger partial charge in [-0.1, -0.05) is 36.4 Å². The highest BCUT2D eigenvalue weighted by atomic mass is 16.6. The lowest BCUT2D eigenvalue weighted by Gasteiger charge is -2.25. The molecular formula is C26H23NO5. The van der Waals surface area contributed by atoms with Gasteiger partial charge in [0.25, 0.3) is 5.91 Å². The van der Waals surface area contributed by atoms with Crippen LogP contribution in [-0.2, 0) is 11.2 Å². The van der Waals surface area contributed by atoms with Crippen molar-refractivity contribution in [2.24, 2.45) is 0 Å². The Kier molecular flexibility index (Phi) is 5.27.